The molecule has 0 aliphatic heterocycles. The van der Waals surface area contributed by atoms with Crippen molar-refractivity contribution >= 4 is 17.8 Å². The minimum atomic E-state index is -1.15. The number of ether oxygens (including phenoxy) is 1. The monoisotopic (exact) mass is 253 g/mol. The average molecular weight is 253 g/mol. The number of likely N-dealkylation sites (N-methyl/N-ethyl adjacent to an activating group) is 1. The van der Waals surface area contributed by atoms with Gasteiger partial charge >= 0.3 is 11.9 Å². The smallest absolute Gasteiger partial charge is 0.376 e. The fourth-order valence-corrected chi connectivity index (χ4v) is 1.16. The van der Waals surface area contributed by atoms with Crippen molar-refractivity contribution in [3.8, 4) is 0 Å². The molecule has 0 fully saturated rings. The number of carboxylic acid groups (broad SMARTS) is 1. The maximum absolute atomic E-state index is 11.3. The lowest BCUT2D eigenvalue weighted by Crippen LogP contribution is -2.48. The van der Waals surface area contributed by atoms with Crippen LogP contribution in [0.2, 0.25) is 0 Å². The molecule has 0 atom stereocenters. The molecule has 7 heteroatoms. The second kappa shape index (κ2) is 4.99. The zero-order valence-electron chi connectivity index (χ0n) is 10.7. The molecule has 0 saturated heterocycles. The first-order chi connectivity index (χ1) is 8.30. The largest absolute Gasteiger partial charge is 0.480 e. The SMILES string of the molecule is COC(=O)c1nccc(N(C)C(C)(C)C(=O)O)n1. The summed E-state index contributed by atoms with van der Waals surface area (Å²) in [6.07, 6.45) is 1.38. The number of rotatable bonds is 4. The van der Waals surface area contributed by atoms with Gasteiger partial charge in [0.1, 0.15) is 11.4 Å². The summed E-state index contributed by atoms with van der Waals surface area (Å²) in [6.45, 7) is 3.07. The molecule has 0 aromatic carbocycles. The zero-order chi connectivity index (χ0) is 13.9. The number of anilines is 1. The van der Waals surface area contributed by atoms with E-state index in [2.05, 4.69) is 14.7 Å². The summed E-state index contributed by atoms with van der Waals surface area (Å²) in [5.74, 6) is -1.44. The maximum Gasteiger partial charge on any atom is 0.376 e. The highest BCUT2D eigenvalue weighted by Crippen LogP contribution is 2.20. The lowest BCUT2D eigenvalue weighted by molar-refractivity contribution is -0.142. The molecule has 1 N–H and O–H groups in total. The summed E-state index contributed by atoms with van der Waals surface area (Å²) in [4.78, 5) is 31.6. The van der Waals surface area contributed by atoms with Gasteiger partial charge in [-0.2, -0.15) is 0 Å². The molecule has 0 bridgehead atoms. The van der Waals surface area contributed by atoms with Crippen LogP contribution in [0.3, 0.4) is 0 Å². The standard InChI is InChI=1S/C11H15N3O4/c1-11(2,10(16)17)14(3)7-5-6-12-8(13-7)9(15)18-4/h5-6H,1-4H3,(H,16,17). The van der Waals surface area contributed by atoms with E-state index in [-0.39, 0.29) is 5.82 Å². The summed E-state index contributed by atoms with van der Waals surface area (Å²) < 4.78 is 4.51. The fraction of sp³-hybridized carbons (Fsp3) is 0.455. The van der Waals surface area contributed by atoms with Crippen LogP contribution in [0.1, 0.15) is 24.5 Å². The Balaban J connectivity index is 3.11. The number of aromatic nitrogens is 2. The number of carbonyl (C=O) groups is 2. The van der Waals surface area contributed by atoms with E-state index in [0.717, 1.165) is 0 Å². The van der Waals surface area contributed by atoms with Crippen molar-refractivity contribution in [2.24, 2.45) is 0 Å². The number of carbonyl (C=O) groups excluding carboxylic acids is 1. The van der Waals surface area contributed by atoms with Gasteiger partial charge in [0.05, 0.1) is 7.11 Å². The van der Waals surface area contributed by atoms with Gasteiger partial charge in [-0.3, -0.25) is 0 Å². The second-order valence-corrected chi connectivity index (χ2v) is 4.15. The van der Waals surface area contributed by atoms with Crippen molar-refractivity contribution in [3.05, 3.63) is 18.1 Å². The van der Waals surface area contributed by atoms with Crippen molar-refractivity contribution in [1.82, 2.24) is 9.97 Å². The van der Waals surface area contributed by atoms with E-state index in [1.54, 1.807) is 7.05 Å². The Hall–Kier alpha value is -2.18. The number of hydrogen-bond donors (Lipinski definition) is 1. The van der Waals surface area contributed by atoms with Gasteiger partial charge in [0, 0.05) is 13.2 Å². The minimum Gasteiger partial charge on any atom is -0.480 e. The van der Waals surface area contributed by atoms with Gasteiger partial charge in [0.25, 0.3) is 0 Å². The molecule has 0 radical (unpaired) electrons. The highest BCUT2D eigenvalue weighted by Gasteiger charge is 2.33. The molecule has 0 unspecified atom stereocenters. The number of esters is 1. The summed E-state index contributed by atoms with van der Waals surface area (Å²) >= 11 is 0. The van der Waals surface area contributed by atoms with Crippen LogP contribution in [0, 0.1) is 0 Å². The third-order valence-electron chi connectivity index (χ3n) is 2.71. The summed E-state index contributed by atoms with van der Waals surface area (Å²) in [7, 11) is 2.81. The van der Waals surface area contributed by atoms with Gasteiger partial charge < -0.3 is 14.7 Å². The van der Waals surface area contributed by atoms with Gasteiger partial charge in [-0.1, -0.05) is 0 Å². The molecule has 1 aromatic heterocycles. The molecule has 0 amide bonds. The molecular weight excluding hydrogens is 238 g/mol. The molecular formula is C11H15N3O4. The Kier molecular flexibility index (Phi) is 3.85. The first-order valence-corrected chi connectivity index (χ1v) is 5.19. The number of methoxy groups -OCH3 is 1. The second-order valence-electron chi connectivity index (χ2n) is 4.15. The van der Waals surface area contributed by atoms with E-state index < -0.39 is 17.5 Å². The van der Waals surface area contributed by atoms with E-state index in [0.29, 0.717) is 5.82 Å². The first-order valence-electron chi connectivity index (χ1n) is 5.19. The normalized spacial score (nSPS) is 10.9. The lowest BCUT2D eigenvalue weighted by atomic mass is 10.0. The van der Waals surface area contributed by atoms with E-state index in [1.807, 2.05) is 0 Å². The van der Waals surface area contributed by atoms with Gasteiger partial charge in [-0.15, -0.1) is 0 Å². The number of aliphatic carboxylic acids is 1. The highest BCUT2D eigenvalue weighted by molar-refractivity contribution is 5.86. The topological polar surface area (TPSA) is 92.6 Å². The van der Waals surface area contributed by atoms with Gasteiger partial charge in [0.2, 0.25) is 5.82 Å². The molecule has 1 heterocycles. The average Bonchev–Trinajstić information content (AvgIpc) is 2.36. The van der Waals surface area contributed by atoms with Crippen molar-refractivity contribution in [2.45, 2.75) is 19.4 Å². The highest BCUT2D eigenvalue weighted by atomic mass is 16.5. The molecule has 7 nitrogen and oxygen atoms in total. The van der Waals surface area contributed by atoms with Crippen molar-refractivity contribution in [2.75, 3.05) is 19.1 Å². The van der Waals surface area contributed by atoms with E-state index in [4.69, 9.17) is 5.11 Å². The van der Waals surface area contributed by atoms with Crippen LogP contribution < -0.4 is 4.90 Å². The van der Waals surface area contributed by atoms with Crippen LogP contribution in [-0.2, 0) is 9.53 Å². The zero-order valence-corrected chi connectivity index (χ0v) is 10.7. The van der Waals surface area contributed by atoms with E-state index in [1.165, 1.54) is 38.1 Å². The predicted octanol–water partition coefficient (Wildman–Crippen LogP) is 0.563. The summed E-state index contributed by atoms with van der Waals surface area (Å²) in [6, 6.07) is 1.52. The van der Waals surface area contributed by atoms with Crippen LogP contribution in [0.4, 0.5) is 5.82 Å². The van der Waals surface area contributed by atoms with E-state index in [9.17, 15) is 9.59 Å². The Morgan fingerprint density at radius 1 is 1.44 bits per heavy atom. The molecule has 0 aliphatic rings. The Morgan fingerprint density at radius 2 is 2.06 bits per heavy atom. The van der Waals surface area contributed by atoms with Crippen LogP contribution in [-0.4, -0.2) is 46.7 Å². The molecule has 98 valence electrons. The third-order valence-corrected chi connectivity index (χ3v) is 2.71. The Labute approximate surface area is 104 Å². The van der Waals surface area contributed by atoms with Crippen molar-refractivity contribution in [1.29, 1.82) is 0 Å². The van der Waals surface area contributed by atoms with Gasteiger partial charge in [-0.05, 0) is 19.9 Å². The maximum atomic E-state index is 11.3. The van der Waals surface area contributed by atoms with E-state index >= 15 is 0 Å². The summed E-state index contributed by atoms with van der Waals surface area (Å²) in [5.41, 5.74) is -1.15. The van der Waals surface area contributed by atoms with Crippen LogP contribution >= 0.6 is 0 Å². The molecule has 0 spiro atoms. The molecule has 1 rings (SSSR count). The number of nitrogens with zero attached hydrogens (tertiary/aromatic N) is 3. The third kappa shape index (κ3) is 2.55. The van der Waals surface area contributed by atoms with Crippen molar-refractivity contribution in [3.63, 3.8) is 0 Å². The molecule has 1 aromatic rings. The van der Waals surface area contributed by atoms with Crippen LogP contribution in [0.15, 0.2) is 12.3 Å². The van der Waals surface area contributed by atoms with Crippen molar-refractivity contribution < 1.29 is 19.4 Å². The molecule has 0 saturated carbocycles. The van der Waals surface area contributed by atoms with Gasteiger partial charge in [-0.25, -0.2) is 19.6 Å². The van der Waals surface area contributed by atoms with Crippen LogP contribution in [0.25, 0.3) is 0 Å². The number of carboxylic acids is 1. The Morgan fingerprint density at radius 3 is 2.56 bits per heavy atom. The first kappa shape index (κ1) is 13.9. The minimum absolute atomic E-state index is 0.108. The number of hydrogen-bond acceptors (Lipinski definition) is 6. The fourth-order valence-electron chi connectivity index (χ4n) is 1.16. The van der Waals surface area contributed by atoms with Crippen LogP contribution in [0.5, 0.6) is 0 Å². The molecule has 18 heavy (non-hydrogen) atoms. The molecule has 0 aliphatic carbocycles. The predicted molar refractivity (Wildman–Crippen MR) is 63.5 cm³/mol. The lowest BCUT2D eigenvalue weighted by Gasteiger charge is -2.32. The van der Waals surface area contributed by atoms with Gasteiger partial charge in [0.15, 0.2) is 0 Å². The summed E-state index contributed by atoms with van der Waals surface area (Å²) in [5, 5.41) is 9.12. The Bertz CT molecular complexity index is 473. The quantitative estimate of drug-likeness (QED) is 0.784.